The van der Waals surface area contributed by atoms with E-state index < -0.39 is 50.5 Å². The highest BCUT2D eigenvalue weighted by atomic mass is 32.2. The van der Waals surface area contributed by atoms with Crippen LogP contribution in [0.3, 0.4) is 0 Å². The van der Waals surface area contributed by atoms with Crippen LogP contribution in [0.2, 0.25) is 0 Å². The first-order valence-electron chi connectivity index (χ1n) is 5.81. The normalized spacial score (nSPS) is 20.9. The lowest BCUT2D eigenvalue weighted by atomic mass is 9.84. The number of carbonyl (C=O) groups excluding carboxylic acids is 1. The number of ether oxygens (including phenoxy) is 1. The van der Waals surface area contributed by atoms with Gasteiger partial charge in [0.2, 0.25) is 0 Å². The summed E-state index contributed by atoms with van der Waals surface area (Å²) in [5.74, 6) is -0.147. The number of alkyl carbamates (subject to hydrolysis) is 1. The van der Waals surface area contributed by atoms with E-state index in [1.54, 1.807) is 20.8 Å². The number of aliphatic carboxylic acids is 1. The first-order valence-corrected chi connectivity index (χ1v) is 7.63. The Balaban J connectivity index is 2.89. The average Bonchev–Trinajstić information content (AvgIpc) is 2.19. The van der Waals surface area contributed by atoms with Gasteiger partial charge in [-0.15, -0.1) is 6.42 Å². The van der Waals surface area contributed by atoms with Crippen LogP contribution in [-0.2, 0) is 19.4 Å². The van der Waals surface area contributed by atoms with Gasteiger partial charge in [0.05, 0.1) is 16.9 Å². The maximum absolute atomic E-state index is 11.6. The molecule has 1 rings (SSSR count). The number of amides is 1. The van der Waals surface area contributed by atoms with Gasteiger partial charge >= 0.3 is 12.1 Å². The molecular weight excluding hydrogens is 286 g/mol. The van der Waals surface area contributed by atoms with Crippen molar-refractivity contribution in [1.29, 1.82) is 0 Å². The quantitative estimate of drug-likeness (QED) is 0.711. The number of rotatable bonds is 3. The van der Waals surface area contributed by atoms with E-state index in [4.69, 9.17) is 16.3 Å². The third-order valence-corrected chi connectivity index (χ3v) is 4.61. The molecule has 1 heterocycles. The fourth-order valence-corrected chi connectivity index (χ4v) is 3.92. The van der Waals surface area contributed by atoms with E-state index in [0.717, 1.165) is 0 Å². The van der Waals surface area contributed by atoms with Crippen LogP contribution in [0.1, 0.15) is 20.8 Å². The number of carboxylic acid groups (broad SMARTS) is 1. The zero-order valence-corrected chi connectivity index (χ0v) is 12.3. The molecule has 0 radical (unpaired) electrons. The molecule has 0 aromatic heterocycles. The van der Waals surface area contributed by atoms with E-state index in [0.29, 0.717) is 0 Å². The summed E-state index contributed by atoms with van der Waals surface area (Å²) < 4.78 is 27.5. The highest BCUT2D eigenvalue weighted by Crippen LogP contribution is 2.36. The summed E-state index contributed by atoms with van der Waals surface area (Å²) >= 11 is 0. The molecule has 7 nitrogen and oxygen atoms in total. The first kappa shape index (κ1) is 16.3. The Morgan fingerprint density at radius 2 is 1.90 bits per heavy atom. The van der Waals surface area contributed by atoms with E-state index >= 15 is 0 Å². The maximum atomic E-state index is 11.6. The number of nitrogens with one attached hydrogen (secondary N) is 1. The third-order valence-electron chi connectivity index (χ3n) is 2.70. The molecular formula is C12H17NO6S. The largest absolute Gasteiger partial charge is 0.480 e. The van der Waals surface area contributed by atoms with Gasteiger partial charge in [-0.05, 0) is 20.8 Å². The second kappa shape index (κ2) is 4.98. The summed E-state index contributed by atoms with van der Waals surface area (Å²) in [6, 6.07) is -1.51. The molecule has 1 atom stereocenters. The summed E-state index contributed by atoms with van der Waals surface area (Å²) in [6.45, 7) is 4.85. The predicted octanol–water partition coefficient (Wildman–Crippen LogP) is 0.0123. The van der Waals surface area contributed by atoms with Crippen LogP contribution in [0.5, 0.6) is 0 Å². The molecule has 2 N–H and O–H groups in total. The zero-order chi connectivity index (χ0) is 15.8. The third kappa shape index (κ3) is 3.63. The second-order valence-electron chi connectivity index (χ2n) is 5.75. The number of carboxylic acids is 1. The van der Waals surface area contributed by atoms with Crippen molar-refractivity contribution in [2.75, 3.05) is 11.5 Å². The topological polar surface area (TPSA) is 110 Å². The van der Waals surface area contributed by atoms with E-state index in [2.05, 4.69) is 11.2 Å². The van der Waals surface area contributed by atoms with Crippen molar-refractivity contribution in [2.24, 2.45) is 5.41 Å². The van der Waals surface area contributed by atoms with E-state index in [-0.39, 0.29) is 0 Å². The highest BCUT2D eigenvalue weighted by Gasteiger charge is 2.56. The summed E-state index contributed by atoms with van der Waals surface area (Å²) in [7, 11) is -3.35. The Labute approximate surface area is 117 Å². The Hall–Kier alpha value is -1.75. The minimum atomic E-state index is -3.35. The molecule has 1 aliphatic rings. The van der Waals surface area contributed by atoms with Gasteiger partial charge in [-0.3, -0.25) is 0 Å². The molecule has 0 unspecified atom stereocenters. The van der Waals surface area contributed by atoms with Gasteiger partial charge < -0.3 is 15.2 Å². The molecule has 0 aromatic rings. The van der Waals surface area contributed by atoms with Gasteiger partial charge in [-0.2, -0.15) is 0 Å². The fraction of sp³-hybridized carbons (Fsp3) is 0.667. The van der Waals surface area contributed by atoms with Gasteiger partial charge in [0.1, 0.15) is 11.6 Å². The maximum Gasteiger partial charge on any atom is 0.408 e. The molecule has 0 saturated carbocycles. The molecule has 0 spiro atoms. The van der Waals surface area contributed by atoms with Crippen LogP contribution in [0.25, 0.3) is 0 Å². The van der Waals surface area contributed by atoms with Crippen molar-refractivity contribution >= 4 is 21.9 Å². The molecule has 0 aliphatic carbocycles. The molecule has 112 valence electrons. The fourth-order valence-electron chi connectivity index (χ4n) is 1.94. The van der Waals surface area contributed by atoms with Crippen molar-refractivity contribution < 1.29 is 27.9 Å². The van der Waals surface area contributed by atoms with Crippen LogP contribution < -0.4 is 5.32 Å². The first-order chi connectivity index (χ1) is 8.91. The summed E-state index contributed by atoms with van der Waals surface area (Å²) in [5.41, 5.74) is -2.23. The molecule has 1 fully saturated rings. The van der Waals surface area contributed by atoms with Gasteiger partial charge in [-0.1, -0.05) is 5.92 Å². The Morgan fingerprint density at radius 1 is 1.40 bits per heavy atom. The summed E-state index contributed by atoms with van der Waals surface area (Å²) in [6.07, 6.45) is 4.31. The Bertz CT molecular complexity index is 554. The van der Waals surface area contributed by atoms with E-state index in [9.17, 15) is 18.0 Å². The summed E-state index contributed by atoms with van der Waals surface area (Å²) in [5, 5.41) is 11.3. The molecule has 1 amide bonds. The number of carbonyl (C=O) groups is 2. The Kier molecular flexibility index (Phi) is 4.06. The number of hydrogen-bond acceptors (Lipinski definition) is 5. The van der Waals surface area contributed by atoms with Gasteiger partial charge in [-0.25, -0.2) is 18.0 Å². The lowest BCUT2D eigenvalue weighted by Crippen LogP contribution is -2.63. The van der Waals surface area contributed by atoms with Crippen molar-refractivity contribution in [3.05, 3.63) is 0 Å². The molecule has 1 saturated heterocycles. The van der Waals surface area contributed by atoms with Crippen LogP contribution in [0.15, 0.2) is 0 Å². The van der Waals surface area contributed by atoms with Crippen LogP contribution in [0, 0.1) is 17.8 Å². The highest BCUT2D eigenvalue weighted by molar-refractivity contribution is 7.92. The standard InChI is InChI=1S/C12H17NO6S/c1-5-12(6-20(17,18)7-12)8(9(14)15)13-10(16)19-11(2,3)4/h1,8H,6-7H2,2-4H3,(H,13,16)(H,14,15)/t8-/m1/s1. The van der Waals surface area contributed by atoms with Crippen molar-refractivity contribution in [2.45, 2.75) is 32.4 Å². The predicted molar refractivity (Wildman–Crippen MR) is 70.7 cm³/mol. The number of terminal acetylenes is 1. The molecule has 0 aromatic carbocycles. The smallest absolute Gasteiger partial charge is 0.408 e. The summed E-state index contributed by atoms with van der Waals surface area (Å²) in [4.78, 5) is 22.9. The Morgan fingerprint density at radius 3 is 2.20 bits per heavy atom. The molecule has 8 heteroatoms. The van der Waals surface area contributed by atoms with Crippen molar-refractivity contribution in [3.8, 4) is 12.3 Å². The van der Waals surface area contributed by atoms with Gasteiger partial charge in [0.25, 0.3) is 0 Å². The van der Waals surface area contributed by atoms with Crippen molar-refractivity contribution in [3.63, 3.8) is 0 Å². The minimum absolute atomic E-state index is 0.469. The van der Waals surface area contributed by atoms with E-state index in [1.165, 1.54) is 0 Å². The molecule has 0 bridgehead atoms. The van der Waals surface area contributed by atoms with Crippen molar-refractivity contribution in [1.82, 2.24) is 5.32 Å². The minimum Gasteiger partial charge on any atom is -0.480 e. The van der Waals surface area contributed by atoms with E-state index in [1.807, 2.05) is 0 Å². The molecule has 1 aliphatic heterocycles. The van der Waals surface area contributed by atoms with Crippen LogP contribution in [0.4, 0.5) is 4.79 Å². The van der Waals surface area contributed by atoms with Crippen LogP contribution >= 0.6 is 0 Å². The number of hydrogen-bond donors (Lipinski definition) is 2. The average molecular weight is 303 g/mol. The SMILES string of the molecule is C#CC1([C@H](NC(=O)OC(C)(C)C)C(=O)O)CS(=O)(=O)C1. The zero-order valence-electron chi connectivity index (χ0n) is 11.5. The van der Waals surface area contributed by atoms with Gasteiger partial charge in [0.15, 0.2) is 9.84 Å². The van der Waals surface area contributed by atoms with Gasteiger partial charge in [0, 0.05) is 0 Å². The lowest BCUT2D eigenvalue weighted by molar-refractivity contribution is -0.141. The number of sulfone groups is 1. The lowest BCUT2D eigenvalue weighted by Gasteiger charge is -2.40. The second-order valence-corrected chi connectivity index (χ2v) is 7.81. The molecule has 20 heavy (non-hydrogen) atoms. The monoisotopic (exact) mass is 303 g/mol. The van der Waals surface area contributed by atoms with Crippen LogP contribution in [-0.4, -0.2) is 48.7 Å².